The minimum Gasteiger partial charge on any atom is -0.496 e. The maximum absolute atomic E-state index is 11.1. The van der Waals surface area contributed by atoms with E-state index >= 15 is 0 Å². The highest BCUT2D eigenvalue weighted by Gasteiger charge is 2.49. The first kappa shape index (κ1) is 14.3. The number of hydrogen-bond acceptors (Lipinski definition) is 3. The van der Waals surface area contributed by atoms with E-state index in [0.29, 0.717) is 6.61 Å². The molecule has 0 saturated heterocycles. The van der Waals surface area contributed by atoms with Gasteiger partial charge in [-0.1, -0.05) is 15.9 Å². The maximum Gasteiger partial charge on any atom is 0.304 e. The summed E-state index contributed by atoms with van der Waals surface area (Å²) in [4.78, 5) is 11.1. The molecule has 1 N–H and O–H groups in total. The average Bonchev–Trinajstić information content (AvgIpc) is 3.08. The van der Waals surface area contributed by atoms with Gasteiger partial charge in [-0.05, 0) is 30.5 Å². The molecule has 5 heteroatoms. The van der Waals surface area contributed by atoms with Gasteiger partial charge in [0.2, 0.25) is 0 Å². The molecule has 1 aromatic rings. The number of rotatable bonds is 6. The summed E-state index contributed by atoms with van der Waals surface area (Å²) in [5.74, 6) is -0.0361. The Morgan fingerprint density at radius 2 is 2.11 bits per heavy atom. The summed E-state index contributed by atoms with van der Waals surface area (Å²) in [6.45, 7) is 0.451. The molecule has 1 fully saturated rings. The first-order chi connectivity index (χ1) is 9.02. The van der Waals surface area contributed by atoms with Crippen molar-refractivity contribution in [2.45, 2.75) is 31.3 Å². The molecule has 0 unspecified atom stereocenters. The summed E-state index contributed by atoms with van der Waals surface area (Å²) in [7, 11) is 3.24. The van der Waals surface area contributed by atoms with Crippen molar-refractivity contribution in [3.63, 3.8) is 0 Å². The molecule has 1 aromatic carbocycles. The van der Waals surface area contributed by atoms with Crippen LogP contribution in [-0.2, 0) is 21.6 Å². The van der Waals surface area contributed by atoms with E-state index in [1.54, 1.807) is 14.2 Å². The van der Waals surface area contributed by atoms with E-state index in [1.165, 1.54) is 0 Å². The molecule has 1 aliphatic carbocycles. The van der Waals surface area contributed by atoms with Crippen LogP contribution in [0.1, 0.15) is 30.4 Å². The van der Waals surface area contributed by atoms with Crippen LogP contribution >= 0.6 is 15.9 Å². The minimum atomic E-state index is -0.772. The lowest BCUT2D eigenvalue weighted by atomic mass is 9.87. The van der Waals surface area contributed by atoms with Gasteiger partial charge in [-0.3, -0.25) is 4.79 Å². The van der Waals surface area contributed by atoms with Gasteiger partial charge in [0.05, 0.1) is 20.1 Å². The quantitative estimate of drug-likeness (QED) is 0.871. The van der Waals surface area contributed by atoms with Crippen molar-refractivity contribution in [1.29, 1.82) is 0 Å². The topological polar surface area (TPSA) is 55.8 Å². The molecule has 0 spiro atoms. The smallest absolute Gasteiger partial charge is 0.304 e. The van der Waals surface area contributed by atoms with E-state index in [2.05, 4.69) is 15.9 Å². The summed E-state index contributed by atoms with van der Waals surface area (Å²) >= 11 is 3.44. The Morgan fingerprint density at radius 3 is 2.58 bits per heavy atom. The van der Waals surface area contributed by atoms with Crippen LogP contribution in [0.4, 0.5) is 0 Å². The fraction of sp³-hybridized carbons (Fsp3) is 0.500. The normalized spacial score (nSPS) is 16.2. The number of ether oxygens (including phenoxy) is 2. The SMILES string of the molecule is COCc1cc(Br)cc(OC)c1C1(CC(=O)O)CC1. The fourth-order valence-corrected chi connectivity index (χ4v) is 3.11. The summed E-state index contributed by atoms with van der Waals surface area (Å²) in [6, 6.07) is 3.86. The summed E-state index contributed by atoms with van der Waals surface area (Å²) in [5.41, 5.74) is 1.70. The molecular weight excluding hydrogens is 312 g/mol. The van der Waals surface area contributed by atoms with Crippen molar-refractivity contribution in [2.75, 3.05) is 14.2 Å². The zero-order valence-electron chi connectivity index (χ0n) is 11.0. The highest BCUT2D eigenvalue weighted by Crippen LogP contribution is 2.55. The Bertz CT molecular complexity index is 494. The molecule has 0 aromatic heterocycles. The van der Waals surface area contributed by atoms with Crippen LogP contribution in [0.3, 0.4) is 0 Å². The third-order valence-electron chi connectivity index (χ3n) is 3.54. The Balaban J connectivity index is 2.50. The summed E-state index contributed by atoms with van der Waals surface area (Å²) < 4.78 is 11.6. The molecule has 4 nitrogen and oxygen atoms in total. The second-order valence-corrected chi connectivity index (χ2v) is 5.84. The number of methoxy groups -OCH3 is 2. The monoisotopic (exact) mass is 328 g/mol. The van der Waals surface area contributed by atoms with E-state index in [1.807, 2.05) is 12.1 Å². The molecule has 0 amide bonds. The van der Waals surface area contributed by atoms with Crippen LogP contribution in [0, 0.1) is 0 Å². The van der Waals surface area contributed by atoms with Gasteiger partial charge >= 0.3 is 5.97 Å². The van der Waals surface area contributed by atoms with Crippen LogP contribution < -0.4 is 4.74 Å². The summed E-state index contributed by atoms with van der Waals surface area (Å²) in [6.07, 6.45) is 1.91. The van der Waals surface area contributed by atoms with Gasteiger partial charge in [0.25, 0.3) is 0 Å². The lowest BCUT2D eigenvalue weighted by Crippen LogP contribution is -2.17. The van der Waals surface area contributed by atoms with Gasteiger partial charge in [0.15, 0.2) is 0 Å². The third kappa shape index (κ3) is 2.92. The Morgan fingerprint density at radius 1 is 1.42 bits per heavy atom. The predicted octanol–water partition coefficient (Wildman–Crippen LogP) is 3.11. The number of benzene rings is 1. The molecule has 0 aliphatic heterocycles. The Hall–Kier alpha value is -1.07. The van der Waals surface area contributed by atoms with E-state index in [9.17, 15) is 4.79 Å². The molecule has 104 valence electrons. The van der Waals surface area contributed by atoms with Gasteiger partial charge in [0, 0.05) is 22.6 Å². The number of carboxylic acids is 1. The maximum atomic E-state index is 11.1. The van der Waals surface area contributed by atoms with Gasteiger partial charge in [-0.2, -0.15) is 0 Å². The molecule has 0 atom stereocenters. The van der Waals surface area contributed by atoms with Gasteiger partial charge in [0.1, 0.15) is 5.75 Å². The highest BCUT2D eigenvalue weighted by molar-refractivity contribution is 9.10. The van der Waals surface area contributed by atoms with Crippen molar-refractivity contribution in [1.82, 2.24) is 0 Å². The molecule has 0 heterocycles. The van der Waals surface area contributed by atoms with Crippen LogP contribution in [0.2, 0.25) is 0 Å². The molecule has 2 rings (SSSR count). The van der Waals surface area contributed by atoms with E-state index in [-0.39, 0.29) is 11.8 Å². The van der Waals surface area contributed by atoms with Crippen molar-refractivity contribution >= 4 is 21.9 Å². The van der Waals surface area contributed by atoms with Crippen molar-refractivity contribution in [3.8, 4) is 5.75 Å². The molecule has 1 aliphatic rings. The third-order valence-corrected chi connectivity index (χ3v) is 4.00. The second-order valence-electron chi connectivity index (χ2n) is 4.93. The molecule has 0 radical (unpaired) electrons. The highest BCUT2D eigenvalue weighted by atomic mass is 79.9. The molecule has 1 saturated carbocycles. The van der Waals surface area contributed by atoms with Crippen LogP contribution in [-0.4, -0.2) is 25.3 Å². The minimum absolute atomic E-state index is 0.141. The van der Waals surface area contributed by atoms with Crippen molar-refractivity contribution in [2.24, 2.45) is 0 Å². The largest absolute Gasteiger partial charge is 0.496 e. The first-order valence-electron chi connectivity index (χ1n) is 6.10. The Kier molecular flexibility index (Phi) is 4.16. The number of halogens is 1. The van der Waals surface area contributed by atoms with Crippen molar-refractivity contribution in [3.05, 3.63) is 27.7 Å². The van der Waals surface area contributed by atoms with Crippen LogP contribution in [0.5, 0.6) is 5.75 Å². The van der Waals surface area contributed by atoms with Gasteiger partial charge < -0.3 is 14.6 Å². The predicted molar refractivity (Wildman–Crippen MR) is 74.6 cm³/mol. The Labute approximate surface area is 120 Å². The first-order valence-corrected chi connectivity index (χ1v) is 6.89. The number of aliphatic carboxylic acids is 1. The molecule has 19 heavy (non-hydrogen) atoms. The lowest BCUT2D eigenvalue weighted by Gasteiger charge is -2.21. The number of carbonyl (C=O) groups is 1. The zero-order chi connectivity index (χ0) is 14.0. The summed E-state index contributed by atoms with van der Waals surface area (Å²) in [5, 5.41) is 9.11. The van der Waals surface area contributed by atoms with Crippen LogP contribution in [0.15, 0.2) is 16.6 Å². The average molecular weight is 329 g/mol. The van der Waals surface area contributed by atoms with Gasteiger partial charge in [-0.25, -0.2) is 0 Å². The van der Waals surface area contributed by atoms with E-state index in [0.717, 1.165) is 34.2 Å². The van der Waals surface area contributed by atoms with Gasteiger partial charge in [-0.15, -0.1) is 0 Å². The standard InChI is InChI=1S/C14H17BrO4/c1-18-8-9-5-10(15)6-11(19-2)13(9)14(3-4-14)7-12(16)17/h5-6H,3-4,7-8H2,1-2H3,(H,16,17). The molecular formula is C14H17BrO4. The van der Waals surface area contributed by atoms with Crippen LogP contribution in [0.25, 0.3) is 0 Å². The second kappa shape index (κ2) is 5.51. The van der Waals surface area contributed by atoms with Crippen molar-refractivity contribution < 1.29 is 19.4 Å². The number of hydrogen-bond donors (Lipinski definition) is 1. The molecule has 0 bridgehead atoms. The number of carboxylic acid groups (broad SMARTS) is 1. The van der Waals surface area contributed by atoms with E-state index in [4.69, 9.17) is 14.6 Å². The lowest BCUT2D eigenvalue weighted by molar-refractivity contribution is -0.137. The van der Waals surface area contributed by atoms with E-state index < -0.39 is 5.97 Å². The fourth-order valence-electron chi connectivity index (χ4n) is 2.62. The zero-order valence-corrected chi connectivity index (χ0v) is 12.6.